The van der Waals surface area contributed by atoms with Gasteiger partial charge in [0, 0.05) is 32.7 Å². The summed E-state index contributed by atoms with van der Waals surface area (Å²) in [6, 6.07) is 8.45. The van der Waals surface area contributed by atoms with Crippen molar-refractivity contribution in [3.63, 3.8) is 0 Å². The third kappa shape index (κ3) is 5.17. The molecule has 0 spiro atoms. The van der Waals surface area contributed by atoms with Gasteiger partial charge in [-0.25, -0.2) is 17.8 Å². The number of sulfone groups is 1. The molecular formula is C23H30N6O5S. The second-order valence-electron chi connectivity index (χ2n) is 8.63. The van der Waals surface area contributed by atoms with E-state index in [1.165, 1.54) is 11.6 Å². The molecule has 1 aliphatic heterocycles. The summed E-state index contributed by atoms with van der Waals surface area (Å²) in [6.45, 7) is 3.50. The summed E-state index contributed by atoms with van der Waals surface area (Å²) in [6.07, 6.45) is 5.51. The van der Waals surface area contributed by atoms with Gasteiger partial charge in [-0.2, -0.15) is 4.98 Å². The highest BCUT2D eigenvalue weighted by molar-refractivity contribution is 7.90. The maximum absolute atomic E-state index is 13.5. The van der Waals surface area contributed by atoms with E-state index in [4.69, 9.17) is 10.5 Å². The molecule has 12 heteroatoms. The summed E-state index contributed by atoms with van der Waals surface area (Å²) in [5.41, 5.74) is 5.06. The molecule has 2 N–H and O–H groups in total. The van der Waals surface area contributed by atoms with Crippen molar-refractivity contribution < 1.29 is 13.2 Å². The molecule has 0 bridgehead atoms. The number of aryl methyl sites for hydroxylation is 1. The average molecular weight is 503 g/mol. The van der Waals surface area contributed by atoms with Crippen molar-refractivity contribution in [1.29, 1.82) is 0 Å². The number of hydrogen-bond donors (Lipinski definition) is 1. The Labute approximate surface area is 203 Å². The molecule has 0 saturated carbocycles. The number of anilines is 1. The van der Waals surface area contributed by atoms with E-state index in [-0.39, 0.29) is 17.2 Å². The highest BCUT2D eigenvalue weighted by atomic mass is 32.2. The zero-order chi connectivity index (χ0) is 25.2. The molecule has 3 aromatic rings. The zero-order valence-corrected chi connectivity index (χ0v) is 20.6. The minimum absolute atomic E-state index is 0.0195. The molecule has 0 amide bonds. The number of para-hydroxylation sites is 1. The fraction of sp³-hybridized carbons (Fsp3) is 0.435. The number of nitrogens with zero attached hydrogens (tertiary/aromatic N) is 5. The maximum Gasteiger partial charge on any atom is 0.333 e. The maximum atomic E-state index is 13.5. The highest BCUT2D eigenvalue weighted by Crippen LogP contribution is 2.23. The lowest BCUT2D eigenvalue weighted by Crippen LogP contribution is -2.44. The molecule has 188 valence electrons. The van der Waals surface area contributed by atoms with Crippen molar-refractivity contribution in [1.82, 2.24) is 18.7 Å². The molecule has 1 atom stereocenters. The van der Waals surface area contributed by atoms with Gasteiger partial charge in [-0.1, -0.05) is 30.4 Å². The Balaban J connectivity index is 1.77. The van der Waals surface area contributed by atoms with E-state index in [1.807, 2.05) is 24.0 Å². The summed E-state index contributed by atoms with van der Waals surface area (Å²) >= 11 is 0. The molecule has 1 fully saturated rings. The third-order valence-electron chi connectivity index (χ3n) is 5.95. The molecule has 0 radical (unpaired) electrons. The minimum Gasteiger partial charge on any atom is -0.478 e. The third-order valence-corrected chi connectivity index (χ3v) is 7.08. The Morgan fingerprint density at radius 2 is 1.94 bits per heavy atom. The Bertz CT molecular complexity index is 1460. The number of rotatable bonds is 8. The van der Waals surface area contributed by atoms with Crippen molar-refractivity contribution in [2.75, 3.05) is 23.9 Å². The van der Waals surface area contributed by atoms with Gasteiger partial charge in [-0.15, -0.1) is 0 Å². The van der Waals surface area contributed by atoms with Crippen molar-refractivity contribution in [3.05, 3.63) is 63.3 Å². The van der Waals surface area contributed by atoms with Crippen LogP contribution in [0.25, 0.3) is 11.2 Å². The lowest BCUT2D eigenvalue weighted by molar-refractivity contribution is 0.374. The van der Waals surface area contributed by atoms with Gasteiger partial charge in [0.2, 0.25) is 15.8 Å². The first-order valence-corrected chi connectivity index (χ1v) is 13.2. The van der Waals surface area contributed by atoms with Crippen LogP contribution in [0.2, 0.25) is 0 Å². The lowest BCUT2D eigenvalue weighted by Gasteiger charge is -2.31. The molecule has 2 aromatic heterocycles. The SMILES string of the molecule is C/C=C/Cn1c(N2CCCC(N)C2)nc2c1c(=O)n(CS(=O)(=O)COc1ccccc1)c(=O)n2C. The van der Waals surface area contributed by atoms with Gasteiger partial charge in [-0.3, -0.25) is 9.36 Å². The molecule has 1 aromatic carbocycles. The molecule has 11 nitrogen and oxygen atoms in total. The molecule has 1 saturated heterocycles. The van der Waals surface area contributed by atoms with Gasteiger partial charge in [0.15, 0.2) is 17.1 Å². The van der Waals surface area contributed by atoms with Crippen LogP contribution in [-0.4, -0.2) is 52.2 Å². The van der Waals surface area contributed by atoms with Gasteiger partial charge in [0.25, 0.3) is 5.56 Å². The number of nitrogens with two attached hydrogens (primary N) is 1. The minimum atomic E-state index is -3.96. The molecule has 1 unspecified atom stereocenters. The predicted molar refractivity (Wildman–Crippen MR) is 134 cm³/mol. The van der Waals surface area contributed by atoms with Crippen molar-refractivity contribution in [2.45, 2.75) is 38.2 Å². The van der Waals surface area contributed by atoms with Gasteiger partial charge in [0.1, 0.15) is 11.6 Å². The van der Waals surface area contributed by atoms with E-state index < -0.39 is 32.9 Å². The molecule has 0 aliphatic carbocycles. The van der Waals surface area contributed by atoms with Crippen LogP contribution in [0.5, 0.6) is 5.75 Å². The number of imidazole rings is 1. The zero-order valence-electron chi connectivity index (χ0n) is 19.8. The van der Waals surface area contributed by atoms with Crippen LogP contribution >= 0.6 is 0 Å². The number of fused-ring (bicyclic) bond motifs is 1. The van der Waals surface area contributed by atoms with Gasteiger partial charge in [-0.05, 0) is 31.9 Å². The number of aromatic nitrogens is 4. The summed E-state index contributed by atoms with van der Waals surface area (Å²) < 4.78 is 34.6. The first kappa shape index (κ1) is 24.7. The van der Waals surface area contributed by atoms with E-state index in [0.717, 1.165) is 24.0 Å². The Kier molecular flexibility index (Phi) is 7.13. The first-order valence-electron chi connectivity index (χ1n) is 11.4. The molecule has 4 rings (SSSR count). The van der Waals surface area contributed by atoms with E-state index in [2.05, 4.69) is 4.98 Å². The Morgan fingerprint density at radius 1 is 1.20 bits per heavy atom. The fourth-order valence-corrected chi connectivity index (χ4v) is 5.21. The quantitative estimate of drug-likeness (QED) is 0.447. The molecule has 1 aliphatic rings. The Hall–Kier alpha value is -3.38. The molecule has 35 heavy (non-hydrogen) atoms. The van der Waals surface area contributed by atoms with E-state index in [9.17, 15) is 18.0 Å². The lowest BCUT2D eigenvalue weighted by atomic mass is 10.1. The van der Waals surface area contributed by atoms with Crippen LogP contribution in [0, 0.1) is 0 Å². The largest absolute Gasteiger partial charge is 0.478 e. The monoisotopic (exact) mass is 502 g/mol. The summed E-state index contributed by atoms with van der Waals surface area (Å²) in [5, 5.41) is 0. The van der Waals surface area contributed by atoms with Crippen molar-refractivity contribution >= 4 is 26.9 Å². The Morgan fingerprint density at radius 3 is 2.63 bits per heavy atom. The van der Waals surface area contributed by atoms with Crippen molar-refractivity contribution in [2.24, 2.45) is 12.8 Å². The predicted octanol–water partition coefficient (Wildman–Crippen LogP) is 0.809. The van der Waals surface area contributed by atoms with Crippen LogP contribution in [0.4, 0.5) is 5.95 Å². The van der Waals surface area contributed by atoms with E-state index in [0.29, 0.717) is 24.8 Å². The fourth-order valence-electron chi connectivity index (χ4n) is 4.20. The molecular weight excluding hydrogens is 472 g/mol. The van der Waals surface area contributed by atoms with E-state index >= 15 is 0 Å². The van der Waals surface area contributed by atoms with Crippen LogP contribution in [-0.2, 0) is 29.3 Å². The average Bonchev–Trinajstić information content (AvgIpc) is 3.23. The highest BCUT2D eigenvalue weighted by Gasteiger charge is 2.27. The topological polar surface area (TPSA) is 134 Å². The second kappa shape index (κ2) is 10.1. The van der Waals surface area contributed by atoms with Crippen LogP contribution in [0.1, 0.15) is 19.8 Å². The van der Waals surface area contributed by atoms with E-state index in [1.54, 1.807) is 34.9 Å². The smallest absolute Gasteiger partial charge is 0.333 e. The summed E-state index contributed by atoms with van der Waals surface area (Å²) in [5.74, 6) is -0.562. The van der Waals surface area contributed by atoms with Crippen LogP contribution in [0.15, 0.2) is 52.1 Å². The number of benzene rings is 1. The standard InChI is InChI=1S/C23H30N6O5S/c1-3-4-13-28-19-20(25-22(28)27-12-8-9-17(24)14-27)26(2)23(31)29(21(19)30)15-35(32,33)16-34-18-10-6-5-7-11-18/h3-7,10-11,17H,8-9,12-16,24H2,1-2H3/b4-3+. The van der Waals surface area contributed by atoms with Gasteiger partial charge in [0.05, 0.1) is 0 Å². The normalized spacial score (nSPS) is 16.9. The summed E-state index contributed by atoms with van der Waals surface area (Å²) in [7, 11) is -2.48. The van der Waals surface area contributed by atoms with Crippen molar-refractivity contribution in [3.8, 4) is 5.75 Å². The number of allylic oxidation sites excluding steroid dienone is 2. The van der Waals surface area contributed by atoms with Crippen LogP contribution < -0.4 is 26.6 Å². The van der Waals surface area contributed by atoms with Crippen LogP contribution in [0.3, 0.4) is 0 Å². The first-order chi connectivity index (χ1) is 16.7. The van der Waals surface area contributed by atoms with Gasteiger partial charge >= 0.3 is 5.69 Å². The summed E-state index contributed by atoms with van der Waals surface area (Å²) in [4.78, 5) is 33.2. The second-order valence-corrected chi connectivity index (χ2v) is 10.6. The number of hydrogen-bond acceptors (Lipinski definition) is 8. The number of ether oxygens (including phenoxy) is 1. The number of piperidine rings is 1. The molecule has 3 heterocycles. The van der Waals surface area contributed by atoms with Gasteiger partial charge < -0.3 is 19.9 Å².